The van der Waals surface area contributed by atoms with Crippen LogP contribution in [0.25, 0.3) is 0 Å². The van der Waals surface area contributed by atoms with Gasteiger partial charge in [0.1, 0.15) is 0 Å². The van der Waals surface area contributed by atoms with Crippen LogP contribution in [0.2, 0.25) is 0 Å². The van der Waals surface area contributed by atoms with Crippen LogP contribution in [-0.4, -0.2) is 24.1 Å². The van der Waals surface area contributed by atoms with E-state index < -0.39 is 29.3 Å². The first-order valence-corrected chi connectivity index (χ1v) is 7.83. The number of hydroxylamine groups is 2. The van der Waals surface area contributed by atoms with Gasteiger partial charge in [-0.05, 0) is 38.0 Å². The van der Waals surface area contributed by atoms with E-state index in [4.69, 9.17) is 4.84 Å². The van der Waals surface area contributed by atoms with Crippen LogP contribution in [0, 0.1) is 6.92 Å². The number of hydrogen-bond acceptors (Lipinski definition) is 2. The number of rotatable bonds is 5. The van der Waals surface area contributed by atoms with Gasteiger partial charge in [-0.1, -0.05) is 42.0 Å². The fourth-order valence-electron chi connectivity index (χ4n) is 2.65. The maximum atomic E-state index is 13.2. The number of aryl methyl sites for hydroxylation is 1. The molecule has 0 unspecified atom stereocenters. The molecule has 0 heterocycles. The van der Waals surface area contributed by atoms with Crippen LogP contribution in [0.15, 0.2) is 48.5 Å². The van der Waals surface area contributed by atoms with Crippen molar-refractivity contribution in [3.05, 3.63) is 70.8 Å². The zero-order valence-electron chi connectivity index (χ0n) is 14.3. The molecule has 0 aliphatic rings. The molecule has 1 amide bonds. The zero-order valence-corrected chi connectivity index (χ0v) is 14.3. The Morgan fingerprint density at radius 2 is 1.72 bits per heavy atom. The van der Waals surface area contributed by atoms with Gasteiger partial charge in [0.15, 0.2) is 0 Å². The van der Waals surface area contributed by atoms with Gasteiger partial charge >= 0.3 is 6.18 Å². The van der Waals surface area contributed by atoms with Crippen molar-refractivity contribution >= 4 is 5.91 Å². The van der Waals surface area contributed by atoms with E-state index in [9.17, 15) is 18.0 Å². The topological polar surface area (TPSA) is 29.5 Å². The third-order valence-corrected chi connectivity index (χ3v) is 3.91. The Hall–Kier alpha value is -2.34. The summed E-state index contributed by atoms with van der Waals surface area (Å²) >= 11 is 0. The minimum absolute atomic E-state index is 0.424. The average Bonchev–Trinajstić information content (AvgIpc) is 2.56. The van der Waals surface area contributed by atoms with E-state index in [2.05, 4.69) is 0 Å². The summed E-state index contributed by atoms with van der Waals surface area (Å²) in [5, 5.41) is 0.991. The van der Waals surface area contributed by atoms with Gasteiger partial charge in [0.2, 0.25) is 0 Å². The van der Waals surface area contributed by atoms with Crippen LogP contribution >= 0.6 is 0 Å². The lowest BCUT2D eigenvalue weighted by Gasteiger charge is -2.27. The molecule has 0 saturated heterocycles. The number of nitrogens with zero attached hydrogens (tertiary/aromatic N) is 1. The molecule has 2 aromatic rings. The predicted molar refractivity (Wildman–Crippen MR) is 89.0 cm³/mol. The van der Waals surface area contributed by atoms with Crippen LogP contribution < -0.4 is 0 Å². The highest BCUT2D eigenvalue weighted by atomic mass is 19.4. The SMILES string of the molecule is CON(C(=O)c1ccccc1C(F)(F)F)[C@H](C)Cc1ccc(C)cc1. The number of amides is 1. The van der Waals surface area contributed by atoms with E-state index in [-0.39, 0.29) is 0 Å². The van der Waals surface area contributed by atoms with E-state index in [0.717, 1.165) is 28.3 Å². The summed E-state index contributed by atoms with van der Waals surface area (Å²) in [6.07, 6.45) is -4.14. The second-order valence-corrected chi connectivity index (χ2v) is 5.90. The highest BCUT2D eigenvalue weighted by Gasteiger charge is 2.36. The minimum Gasteiger partial charge on any atom is -0.274 e. The summed E-state index contributed by atoms with van der Waals surface area (Å²) in [5.41, 5.74) is 0.685. The molecule has 2 aromatic carbocycles. The molecule has 0 radical (unpaired) electrons. The van der Waals surface area contributed by atoms with Gasteiger partial charge in [-0.2, -0.15) is 13.2 Å². The van der Waals surface area contributed by atoms with Crippen LogP contribution in [-0.2, 0) is 17.4 Å². The number of benzene rings is 2. The predicted octanol–water partition coefficient (Wildman–Crippen LogP) is 4.65. The van der Waals surface area contributed by atoms with Crippen LogP contribution in [0.1, 0.15) is 34.0 Å². The summed E-state index contributed by atoms with van der Waals surface area (Å²) < 4.78 is 39.5. The smallest absolute Gasteiger partial charge is 0.274 e. The van der Waals surface area contributed by atoms with Gasteiger partial charge in [0.25, 0.3) is 5.91 Å². The first-order valence-electron chi connectivity index (χ1n) is 7.83. The molecule has 0 aliphatic heterocycles. The Bertz CT molecular complexity index is 726. The van der Waals surface area contributed by atoms with Gasteiger partial charge in [0, 0.05) is 0 Å². The highest BCUT2D eigenvalue weighted by Crippen LogP contribution is 2.32. The van der Waals surface area contributed by atoms with Gasteiger partial charge in [-0.25, -0.2) is 5.06 Å². The lowest BCUT2D eigenvalue weighted by molar-refractivity contribution is -0.140. The van der Waals surface area contributed by atoms with Gasteiger partial charge in [-0.3, -0.25) is 9.63 Å². The van der Waals surface area contributed by atoms with E-state index in [0.29, 0.717) is 6.42 Å². The van der Waals surface area contributed by atoms with Crippen molar-refractivity contribution in [3.8, 4) is 0 Å². The summed E-state index contributed by atoms with van der Waals surface area (Å²) in [6, 6.07) is 12.0. The highest BCUT2D eigenvalue weighted by molar-refractivity contribution is 5.95. The monoisotopic (exact) mass is 351 g/mol. The maximum absolute atomic E-state index is 13.2. The minimum atomic E-state index is -4.61. The normalized spacial score (nSPS) is 12.7. The molecule has 0 fully saturated rings. The fourth-order valence-corrected chi connectivity index (χ4v) is 2.65. The lowest BCUT2D eigenvalue weighted by Crippen LogP contribution is -2.39. The first-order chi connectivity index (χ1) is 11.7. The molecule has 2 rings (SSSR count). The van der Waals surface area contributed by atoms with E-state index >= 15 is 0 Å². The van der Waals surface area contributed by atoms with E-state index in [1.165, 1.54) is 19.2 Å². The van der Waals surface area contributed by atoms with Crippen LogP contribution in [0.5, 0.6) is 0 Å². The maximum Gasteiger partial charge on any atom is 0.417 e. The van der Waals surface area contributed by atoms with E-state index in [1.807, 2.05) is 31.2 Å². The summed E-state index contributed by atoms with van der Waals surface area (Å²) in [7, 11) is 1.28. The molecular formula is C19H20F3NO2. The molecule has 0 bridgehead atoms. The van der Waals surface area contributed by atoms with Crippen molar-refractivity contribution in [2.24, 2.45) is 0 Å². The molecule has 0 spiro atoms. The number of halogens is 3. The molecule has 134 valence electrons. The third-order valence-electron chi connectivity index (χ3n) is 3.91. The van der Waals surface area contributed by atoms with Crippen LogP contribution in [0.3, 0.4) is 0 Å². The number of alkyl halides is 3. The van der Waals surface area contributed by atoms with Crippen molar-refractivity contribution in [1.29, 1.82) is 0 Å². The molecule has 0 N–H and O–H groups in total. The third kappa shape index (κ3) is 4.60. The zero-order chi connectivity index (χ0) is 18.6. The Morgan fingerprint density at radius 3 is 2.28 bits per heavy atom. The number of hydrogen-bond donors (Lipinski definition) is 0. The van der Waals surface area contributed by atoms with Gasteiger partial charge < -0.3 is 0 Å². The standard InChI is InChI=1S/C19H20F3NO2/c1-13-8-10-15(11-9-13)12-14(2)23(25-3)18(24)16-6-4-5-7-17(16)19(20,21)22/h4-11,14H,12H2,1-3H3/t14-/m1/s1. The molecular weight excluding hydrogens is 331 g/mol. The summed E-state index contributed by atoms with van der Waals surface area (Å²) in [6.45, 7) is 3.70. The molecule has 0 saturated carbocycles. The van der Waals surface area contributed by atoms with Gasteiger partial charge in [-0.15, -0.1) is 0 Å². The second kappa shape index (κ2) is 7.70. The molecule has 1 atom stereocenters. The van der Waals surface area contributed by atoms with Crippen molar-refractivity contribution in [3.63, 3.8) is 0 Å². The Morgan fingerprint density at radius 1 is 1.12 bits per heavy atom. The number of carbonyl (C=O) groups is 1. The second-order valence-electron chi connectivity index (χ2n) is 5.90. The molecule has 0 aromatic heterocycles. The van der Waals surface area contributed by atoms with Gasteiger partial charge in [0.05, 0.1) is 24.3 Å². The molecule has 3 nitrogen and oxygen atoms in total. The molecule has 6 heteroatoms. The van der Waals surface area contributed by atoms with Crippen molar-refractivity contribution < 1.29 is 22.8 Å². The lowest BCUT2D eigenvalue weighted by atomic mass is 10.0. The summed E-state index contributed by atoms with van der Waals surface area (Å²) in [4.78, 5) is 17.7. The number of carbonyl (C=O) groups excluding carboxylic acids is 1. The van der Waals surface area contributed by atoms with Crippen LogP contribution in [0.4, 0.5) is 13.2 Å². The fraction of sp³-hybridized carbons (Fsp3) is 0.316. The first kappa shape index (κ1) is 19.0. The van der Waals surface area contributed by atoms with Crippen molar-refractivity contribution in [2.45, 2.75) is 32.5 Å². The van der Waals surface area contributed by atoms with E-state index in [1.54, 1.807) is 6.92 Å². The Labute approximate surface area is 145 Å². The molecule has 0 aliphatic carbocycles. The summed E-state index contributed by atoms with van der Waals surface area (Å²) in [5.74, 6) is -0.810. The Kier molecular flexibility index (Phi) is 5.85. The Balaban J connectivity index is 2.25. The van der Waals surface area contributed by atoms with Crippen molar-refractivity contribution in [2.75, 3.05) is 7.11 Å². The largest absolute Gasteiger partial charge is 0.417 e. The van der Waals surface area contributed by atoms with Crippen molar-refractivity contribution in [1.82, 2.24) is 5.06 Å². The average molecular weight is 351 g/mol. The molecule has 25 heavy (non-hydrogen) atoms. The quantitative estimate of drug-likeness (QED) is 0.734.